The highest BCUT2D eigenvalue weighted by atomic mass is 35.5. The number of halogens is 2. The van der Waals surface area contributed by atoms with Crippen molar-refractivity contribution < 1.29 is 9.53 Å². The normalized spacial score (nSPS) is 20.2. The van der Waals surface area contributed by atoms with Crippen molar-refractivity contribution in [1.29, 1.82) is 0 Å². The lowest BCUT2D eigenvalue weighted by atomic mass is 10.2. The van der Waals surface area contributed by atoms with Crippen LogP contribution in [-0.4, -0.2) is 54.6 Å². The third kappa shape index (κ3) is 4.63. The Kier molecular flexibility index (Phi) is 6.03. The Hall–Kier alpha value is -0.810. The van der Waals surface area contributed by atoms with E-state index in [1.54, 1.807) is 6.07 Å². The Labute approximate surface area is 153 Å². The number of piperazine rings is 1. The standard InChI is InChI=1S/C18H24Cl2N2O2/c1-13(24-12-14-5-6-14)18(23)22-9-7-21(8-10-22)11-15-3-2-4-16(19)17(15)20/h2-4,13-14H,5-12H2,1H3. The largest absolute Gasteiger partial charge is 0.368 e. The van der Waals surface area contributed by atoms with E-state index in [-0.39, 0.29) is 12.0 Å². The van der Waals surface area contributed by atoms with E-state index in [0.29, 0.717) is 16.0 Å². The lowest BCUT2D eigenvalue weighted by Gasteiger charge is -2.36. The fourth-order valence-corrected chi connectivity index (χ4v) is 3.31. The van der Waals surface area contributed by atoms with Crippen molar-refractivity contribution in [3.8, 4) is 0 Å². The van der Waals surface area contributed by atoms with Crippen LogP contribution in [0.1, 0.15) is 25.3 Å². The van der Waals surface area contributed by atoms with Crippen molar-refractivity contribution in [3.05, 3.63) is 33.8 Å². The number of amides is 1. The Morgan fingerprint density at radius 2 is 1.96 bits per heavy atom. The first-order valence-corrected chi connectivity index (χ1v) is 9.36. The van der Waals surface area contributed by atoms with Crippen LogP contribution in [0.2, 0.25) is 10.0 Å². The molecule has 1 aliphatic carbocycles. The van der Waals surface area contributed by atoms with E-state index in [1.807, 2.05) is 24.0 Å². The van der Waals surface area contributed by atoms with Crippen LogP contribution < -0.4 is 0 Å². The first kappa shape index (κ1) is 18.0. The van der Waals surface area contributed by atoms with E-state index < -0.39 is 0 Å². The summed E-state index contributed by atoms with van der Waals surface area (Å²) < 4.78 is 5.70. The third-order valence-electron chi connectivity index (χ3n) is 4.74. The molecule has 1 saturated heterocycles. The van der Waals surface area contributed by atoms with Crippen molar-refractivity contribution in [3.63, 3.8) is 0 Å². The van der Waals surface area contributed by atoms with Crippen molar-refractivity contribution in [2.75, 3.05) is 32.8 Å². The summed E-state index contributed by atoms with van der Waals surface area (Å²) in [6.45, 7) is 6.48. The van der Waals surface area contributed by atoms with E-state index in [4.69, 9.17) is 27.9 Å². The van der Waals surface area contributed by atoms with Crippen molar-refractivity contribution >= 4 is 29.1 Å². The summed E-state index contributed by atoms with van der Waals surface area (Å²) >= 11 is 12.3. The molecule has 24 heavy (non-hydrogen) atoms. The Morgan fingerprint density at radius 1 is 1.25 bits per heavy atom. The van der Waals surface area contributed by atoms with Crippen LogP contribution in [-0.2, 0) is 16.1 Å². The van der Waals surface area contributed by atoms with Gasteiger partial charge in [-0.2, -0.15) is 0 Å². The molecule has 2 fully saturated rings. The molecule has 1 amide bonds. The number of ether oxygens (including phenoxy) is 1. The molecule has 0 radical (unpaired) electrons. The van der Waals surface area contributed by atoms with Gasteiger partial charge in [0, 0.05) is 32.7 Å². The molecule has 132 valence electrons. The molecule has 1 aliphatic heterocycles. The van der Waals surface area contributed by atoms with Crippen LogP contribution in [0.3, 0.4) is 0 Å². The lowest BCUT2D eigenvalue weighted by Crippen LogP contribution is -2.51. The van der Waals surface area contributed by atoms with Gasteiger partial charge in [-0.05, 0) is 37.3 Å². The second-order valence-electron chi connectivity index (χ2n) is 6.73. The molecule has 1 heterocycles. The lowest BCUT2D eigenvalue weighted by molar-refractivity contribution is -0.144. The quantitative estimate of drug-likeness (QED) is 0.768. The highest BCUT2D eigenvalue weighted by Crippen LogP contribution is 2.29. The molecule has 1 aromatic rings. The topological polar surface area (TPSA) is 32.8 Å². The predicted octanol–water partition coefficient (Wildman–Crippen LogP) is 3.45. The van der Waals surface area contributed by atoms with Crippen molar-refractivity contribution in [2.24, 2.45) is 5.92 Å². The molecule has 0 aromatic heterocycles. The predicted molar refractivity (Wildman–Crippen MR) is 96.5 cm³/mol. The van der Waals surface area contributed by atoms with Crippen molar-refractivity contribution in [1.82, 2.24) is 9.80 Å². The molecule has 1 unspecified atom stereocenters. The number of hydrogen-bond acceptors (Lipinski definition) is 3. The van der Waals surface area contributed by atoms with Crippen LogP contribution in [0.5, 0.6) is 0 Å². The number of hydrogen-bond donors (Lipinski definition) is 0. The van der Waals surface area contributed by atoms with E-state index >= 15 is 0 Å². The molecule has 0 spiro atoms. The van der Waals surface area contributed by atoms with Crippen LogP contribution in [0, 0.1) is 5.92 Å². The van der Waals surface area contributed by atoms with Gasteiger partial charge in [-0.1, -0.05) is 35.3 Å². The maximum absolute atomic E-state index is 12.4. The maximum Gasteiger partial charge on any atom is 0.251 e. The third-order valence-corrected chi connectivity index (χ3v) is 5.59. The molecule has 1 saturated carbocycles. The number of rotatable bonds is 6. The monoisotopic (exact) mass is 370 g/mol. The van der Waals surface area contributed by atoms with Gasteiger partial charge in [-0.15, -0.1) is 0 Å². The Balaban J connectivity index is 1.46. The highest BCUT2D eigenvalue weighted by Gasteiger charge is 2.28. The molecule has 0 N–H and O–H groups in total. The van der Waals surface area contributed by atoms with E-state index in [2.05, 4.69) is 4.90 Å². The van der Waals surface area contributed by atoms with Gasteiger partial charge >= 0.3 is 0 Å². The summed E-state index contributed by atoms with van der Waals surface area (Å²) in [5.41, 5.74) is 1.03. The molecule has 0 bridgehead atoms. The Bertz CT molecular complexity index is 584. The molecule has 4 nitrogen and oxygen atoms in total. The summed E-state index contributed by atoms with van der Waals surface area (Å²) in [7, 11) is 0. The summed E-state index contributed by atoms with van der Waals surface area (Å²) in [6.07, 6.45) is 2.15. The average Bonchev–Trinajstić information content (AvgIpc) is 3.41. The average molecular weight is 371 g/mol. The van der Waals surface area contributed by atoms with Crippen LogP contribution in [0.4, 0.5) is 0 Å². The summed E-state index contributed by atoms with van der Waals surface area (Å²) in [5.74, 6) is 0.788. The van der Waals surface area contributed by atoms with Crippen LogP contribution >= 0.6 is 23.2 Å². The maximum atomic E-state index is 12.4. The van der Waals surface area contributed by atoms with Crippen LogP contribution in [0.25, 0.3) is 0 Å². The zero-order valence-electron chi connectivity index (χ0n) is 14.0. The summed E-state index contributed by atoms with van der Waals surface area (Å²) in [6, 6.07) is 5.72. The molecular weight excluding hydrogens is 347 g/mol. The molecule has 2 aliphatic rings. The van der Waals surface area contributed by atoms with Gasteiger partial charge in [0.15, 0.2) is 0 Å². The van der Waals surface area contributed by atoms with E-state index in [9.17, 15) is 4.79 Å². The van der Waals surface area contributed by atoms with Gasteiger partial charge in [0.2, 0.25) is 0 Å². The highest BCUT2D eigenvalue weighted by molar-refractivity contribution is 6.42. The summed E-state index contributed by atoms with van der Waals surface area (Å²) in [5, 5.41) is 1.21. The van der Waals surface area contributed by atoms with Gasteiger partial charge < -0.3 is 9.64 Å². The Morgan fingerprint density at radius 3 is 2.62 bits per heavy atom. The molecule has 1 atom stereocenters. The number of carbonyl (C=O) groups is 1. The minimum Gasteiger partial charge on any atom is -0.368 e. The van der Waals surface area contributed by atoms with Gasteiger partial charge in [-0.25, -0.2) is 0 Å². The van der Waals surface area contributed by atoms with Crippen LogP contribution in [0.15, 0.2) is 18.2 Å². The second kappa shape index (κ2) is 8.05. The van der Waals surface area contributed by atoms with Crippen molar-refractivity contribution in [2.45, 2.75) is 32.4 Å². The van der Waals surface area contributed by atoms with E-state index in [1.165, 1.54) is 12.8 Å². The number of carbonyl (C=O) groups excluding carboxylic acids is 1. The number of benzene rings is 1. The fraction of sp³-hybridized carbons (Fsp3) is 0.611. The molecule has 3 rings (SSSR count). The van der Waals surface area contributed by atoms with Gasteiger partial charge in [0.05, 0.1) is 16.7 Å². The first-order valence-electron chi connectivity index (χ1n) is 8.60. The summed E-state index contributed by atoms with van der Waals surface area (Å²) in [4.78, 5) is 16.7. The first-order chi connectivity index (χ1) is 11.5. The van der Waals surface area contributed by atoms with Gasteiger partial charge in [-0.3, -0.25) is 9.69 Å². The zero-order valence-corrected chi connectivity index (χ0v) is 15.5. The smallest absolute Gasteiger partial charge is 0.251 e. The van der Waals surface area contributed by atoms with Gasteiger partial charge in [0.25, 0.3) is 5.91 Å². The fourth-order valence-electron chi connectivity index (χ4n) is 2.93. The van der Waals surface area contributed by atoms with Gasteiger partial charge in [0.1, 0.15) is 6.10 Å². The zero-order chi connectivity index (χ0) is 17.1. The molecule has 1 aromatic carbocycles. The minimum absolute atomic E-state index is 0.107. The number of nitrogens with zero attached hydrogens (tertiary/aromatic N) is 2. The molecular formula is C18H24Cl2N2O2. The SMILES string of the molecule is CC(OCC1CC1)C(=O)N1CCN(Cc2cccc(Cl)c2Cl)CC1. The van der Waals surface area contributed by atoms with E-state index in [0.717, 1.165) is 44.9 Å². The molecule has 6 heteroatoms. The minimum atomic E-state index is -0.334. The second-order valence-corrected chi connectivity index (χ2v) is 7.52.